The van der Waals surface area contributed by atoms with Gasteiger partial charge in [0.05, 0.1) is 10.0 Å². The number of hydrogen-bond acceptors (Lipinski definition) is 1. The van der Waals surface area contributed by atoms with Gasteiger partial charge in [-0.2, -0.15) is 0 Å². The number of likely N-dealkylation sites (N-methyl/N-ethyl adjacent to an activating group) is 1. The molecule has 0 aromatic heterocycles. The molecule has 15 heavy (non-hydrogen) atoms. The molecule has 0 unspecified atom stereocenters. The Kier molecular flexibility index (Phi) is 5.44. The third-order valence-corrected chi connectivity index (χ3v) is 3.24. The summed E-state index contributed by atoms with van der Waals surface area (Å²) in [6.07, 6.45) is 2.34. The number of nitrogens with one attached hydrogen (secondary N) is 1. The molecule has 0 bridgehead atoms. The van der Waals surface area contributed by atoms with E-state index in [1.165, 1.54) is 18.4 Å². The van der Waals surface area contributed by atoms with Crippen LogP contribution in [0.2, 0.25) is 10.0 Å². The standard InChI is InChI=1S/C12H17Cl2N/c1-3-4-10(8-15-2)9-5-6-11(13)12(14)7-9/h5-7,10,15H,3-4,8H2,1-2H3/t10-/m0/s1. The molecule has 1 atom stereocenters. The van der Waals surface area contributed by atoms with Gasteiger partial charge in [0.2, 0.25) is 0 Å². The summed E-state index contributed by atoms with van der Waals surface area (Å²) in [5.41, 5.74) is 1.26. The fourth-order valence-corrected chi connectivity index (χ4v) is 2.05. The lowest BCUT2D eigenvalue weighted by atomic mass is 9.94. The normalized spacial score (nSPS) is 12.8. The van der Waals surface area contributed by atoms with Crippen LogP contribution in [0, 0.1) is 0 Å². The van der Waals surface area contributed by atoms with Gasteiger partial charge in [-0.1, -0.05) is 42.6 Å². The molecule has 1 nitrogen and oxygen atoms in total. The molecule has 0 amide bonds. The van der Waals surface area contributed by atoms with Crippen LogP contribution < -0.4 is 5.32 Å². The lowest BCUT2D eigenvalue weighted by molar-refractivity contribution is 0.576. The summed E-state index contributed by atoms with van der Waals surface area (Å²) in [7, 11) is 1.97. The van der Waals surface area contributed by atoms with Crippen molar-refractivity contribution in [3.05, 3.63) is 33.8 Å². The van der Waals surface area contributed by atoms with Gasteiger partial charge in [0, 0.05) is 6.54 Å². The smallest absolute Gasteiger partial charge is 0.0595 e. The van der Waals surface area contributed by atoms with Crippen molar-refractivity contribution in [3.8, 4) is 0 Å². The van der Waals surface area contributed by atoms with Crippen LogP contribution in [0.4, 0.5) is 0 Å². The SMILES string of the molecule is CCC[C@@H](CNC)c1ccc(Cl)c(Cl)c1. The second kappa shape index (κ2) is 6.37. The molecular formula is C12H17Cl2N. The third-order valence-electron chi connectivity index (χ3n) is 2.50. The number of rotatable bonds is 5. The van der Waals surface area contributed by atoms with Crippen LogP contribution in [-0.4, -0.2) is 13.6 Å². The minimum absolute atomic E-state index is 0.523. The van der Waals surface area contributed by atoms with Crippen molar-refractivity contribution in [1.29, 1.82) is 0 Å². The second-order valence-electron chi connectivity index (χ2n) is 3.72. The van der Waals surface area contributed by atoms with Gasteiger partial charge in [0.15, 0.2) is 0 Å². The van der Waals surface area contributed by atoms with E-state index in [0.29, 0.717) is 16.0 Å². The largest absolute Gasteiger partial charge is 0.319 e. The maximum absolute atomic E-state index is 6.01. The van der Waals surface area contributed by atoms with Crippen molar-refractivity contribution in [2.24, 2.45) is 0 Å². The lowest BCUT2D eigenvalue weighted by Crippen LogP contribution is -2.17. The maximum atomic E-state index is 6.01. The minimum atomic E-state index is 0.523. The van der Waals surface area contributed by atoms with Crippen LogP contribution in [0.25, 0.3) is 0 Å². The van der Waals surface area contributed by atoms with E-state index in [-0.39, 0.29) is 0 Å². The predicted octanol–water partition coefficient (Wildman–Crippen LogP) is 4.10. The molecule has 0 aliphatic heterocycles. The van der Waals surface area contributed by atoms with Crippen LogP contribution in [0.3, 0.4) is 0 Å². The molecule has 3 heteroatoms. The van der Waals surface area contributed by atoms with E-state index in [4.69, 9.17) is 23.2 Å². The summed E-state index contributed by atoms with van der Waals surface area (Å²) in [5, 5.41) is 4.48. The summed E-state index contributed by atoms with van der Waals surface area (Å²) in [5.74, 6) is 0.523. The Morgan fingerprint density at radius 2 is 2.00 bits per heavy atom. The van der Waals surface area contributed by atoms with E-state index in [2.05, 4.69) is 18.3 Å². The molecule has 1 aromatic rings. The van der Waals surface area contributed by atoms with E-state index in [1.807, 2.05) is 19.2 Å². The van der Waals surface area contributed by atoms with Gasteiger partial charge < -0.3 is 5.32 Å². The first-order valence-electron chi connectivity index (χ1n) is 5.28. The van der Waals surface area contributed by atoms with E-state index < -0.39 is 0 Å². The fraction of sp³-hybridized carbons (Fsp3) is 0.500. The molecule has 1 aromatic carbocycles. The monoisotopic (exact) mass is 245 g/mol. The molecule has 0 saturated carbocycles. The first-order valence-corrected chi connectivity index (χ1v) is 6.04. The Balaban J connectivity index is 2.85. The first-order chi connectivity index (χ1) is 7.19. The third kappa shape index (κ3) is 3.67. The molecule has 1 N–H and O–H groups in total. The molecule has 0 fully saturated rings. The van der Waals surface area contributed by atoms with Crippen molar-refractivity contribution < 1.29 is 0 Å². The highest BCUT2D eigenvalue weighted by Crippen LogP contribution is 2.28. The van der Waals surface area contributed by atoms with Crippen LogP contribution in [0.1, 0.15) is 31.2 Å². The summed E-state index contributed by atoms with van der Waals surface area (Å²) in [4.78, 5) is 0. The minimum Gasteiger partial charge on any atom is -0.319 e. The number of halogens is 2. The first kappa shape index (κ1) is 12.8. The summed E-state index contributed by atoms with van der Waals surface area (Å²) < 4.78 is 0. The van der Waals surface area contributed by atoms with Crippen molar-refractivity contribution in [2.45, 2.75) is 25.7 Å². The zero-order valence-electron chi connectivity index (χ0n) is 9.19. The van der Waals surface area contributed by atoms with Crippen LogP contribution in [0.15, 0.2) is 18.2 Å². The zero-order valence-corrected chi connectivity index (χ0v) is 10.7. The molecule has 0 heterocycles. The van der Waals surface area contributed by atoms with Gasteiger partial charge in [-0.25, -0.2) is 0 Å². The Morgan fingerprint density at radius 3 is 2.53 bits per heavy atom. The molecule has 84 valence electrons. The molecule has 0 aliphatic carbocycles. The topological polar surface area (TPSA) is 12.0 Å². The highest BCUT2D eigenvalue weighted by Gasteiger charge is 2.10. The molecule has 0 saturated heterocycles. The Morgan fingerprint density at radius 1 is 1.27 bits per heavy atom. The van der Waals surface area contributed by atoms with Crippen LogP contribution in [0.5, 0.6) is 0 Å². The molecular weight excluding hydrogens is 229 g/mol. The van der Waals surface area contributed by atoms with Crippen molar-refractivity contribution in [1.82, 2.24) is 5.32 Å². The summed E-state index contributed by atoms with van der Waals surface area (Å²) in [6, 6.07) is 5.91. The van der Waals surface area contributed by atoms with E-state index in [1.54, 1.807) is 0 Å². The average Bonchev–Trinajstić information content (AvgIpc) is 2.22. The summed E-state index contributed by atoms with van der Waals surface area (Å²) in [6.45, 7) is 3.17. The highest BCUT2D eigenvalue weighted by atomic mass is 35.5. The highest BCUT2D eigenvalue weighted by molar-refractivity contribution is 6.42. The van der Waals surface area contributed by atoms with Gasteiger partial charge in [-0.05, 0) is 37.1 Å². The Hall–Kier alpha value is -0.240. The molecule has 0 spiro atoms. The number of hydrogen-bond donors (Lipinski definition) is 1. The van der Waals surface area contributed by atoms with Crippen molar-refractivity contribution in [2.75, 3.05) is 13.6 Å². The van der Waals surface area contributed by atoms with Crippen LogP contribution in [-0.2, 0) is 0 Å². The average molecular weight is 246 g/mol. The maximum Gasteiger partial charge on any atom is 0.0595 e. The Labute approximate surface area is 102 Å². The zero-order chi connectivity index (χ0) is 11.3. The number of benzene rings is 1. The van der Waals surface area contributed by atoms with Crippen LogP contribution >= 0.6 is 23.2 Å². The van der Waals surface area contributed by atoms with Crippen molar-refractivity contribution >= 4 is 23.2 Å². The van der Waals surface area contributed by atoms with Gasteiger partial charge in [-0.15, -0.1) is 0 Å². The Bertz CT molecular complexity index is 306. The van der Waals surface area contributed by atoms with Gasteiger partial charge >= 0.3 is 0 Å². The van der Waals surface area contributed by atoms with Gasteiger partial charge in [-0.3, -0.25) is 0 Å². The van der Waals surface area contributed by atoms with Gasteiger partial charge in [0.25, 0.3) is 0 Å². The van der Waals surface area contributed by atoms with E-state index in [9.17, 15) is 0 Å². The fourth-order valence-electron chi connectivity index (χ4n) is 1.75. The quantitative estimate of drug-likeness (QED) is 0.824. The molecule has 0 radical (unpaired) electrons. The molecule has 0 aliphatic rings. The van der Waals surface area contributed by atoms with E-state index >= 15 is 0 Å². The molecule has 1 rings (SSSR count). The van der Waals surface area contributed by atoms with Gasteiger partial charge in [0.1, 0.15) is 0 Å². The predicted molar refractivity (Wildman–Crippen MR) is 68.0 cm³/mol. The van der Waals surface area contributed by atoms with E-state index in [0.717, 1.165) is 6.54 Å². The summed E-state index contributed by atoms with van der Waals surface area (Å²) >= 11 is 11.9. The lowest BCUT2D eigenvalue weighted by Gasteiger charge is -2.16. The van der Waals surface area contributed by atoms with Crippen molar-refractivity contribution in [3.63, 3.8) is 0 Å². The second-order valence-corrected chi connectivity index (χ2v) is 4.53.